The summed E-state index contributed by atoms with van der Waals surface area (Å²) in [6.45, 7) is 20.0. The summed E-state index contributed by atoms with van der Waals surface area (Å²) in [6, 6.07) is 24.2. The third-order valence-corrected chi connectivity index (χ3v) is 15.7. The van der Waals surface area contributed by atoms with Crippen molar-refractivity contribution in [3.8, 4) is 11.4 Å². The van der Waals surface area contributed by atoms with E-state index in [9.17, 15) is 16.8 Å². The van der Waals surface area contributed by atoms with Crippen molar-refractivity contribution in [1.29, 1.82) is 0 Å². The number of hydrogen-bond donors (Lipinski definition) is 3. The van der Waals surface area contributed by atoms with Crippen molar-refractivity contribution in [3.63, 3.8) is 0 Å². The lowest BCUT2D eigenvalue weighted by Gasteiger charge is -2.36. The number of nitrogens with zero attached hydrogens (tertiary/aromatic N) is 5. The number of aromatic nitrogens is 3. The van der Waals surface area contributed by atoms with Gasteiger partial charge < -0.3 is 14.2 Å². The fourth-order valence-corrected chi connectivity index (χ4v) is 11.1. The Balaban J connectivity index is 1.04. The zero-order valence-electron chi connectivity index (χ0n) is 38.5. The topological polar surface area (TPSA) is 160 Å². The number of anilines is 2. The van der Waals surface area contributed by atoms with Crippen LogP contribution in [-0.4, -0.2) is 67.8 Å². The molecule has 4 aromatic carbocycles. The van der Waals surface area contributed by atoms with Crippen LogP contribution in [0.15, 0.2) is 99.8 Å². The Bertz CT molecular complexity index is 2760. The number of amidine groups is 1. The molecule has 3 N–H and O–H groups in total. The lowest BCUT2D eigenvalue weighted by atomic mass is 9.78. The highest BCUT2D eigenvalue weighted by molar-refractivity contribution is 7.93. The summed E-state index contributed by atoms with van der Waals surface area (Å²) in [5.41, 5.74) is 6.79. The van der Waals surface area contributed by atoms with Crippen molar-refractivity contribution in [1.82, 2.24) is 25.1 Å². The van der Waals surface area contributed by atoms with Crippen LogP contribution in [0.5, 0.6) is 0 Å². The zero-order valence-corrected chi connectivity index (χ0v) is 41.6. The van der Waals surface area contributed by atoms with Gasteiger partial charge in [0.05, 0.1) is 21.2 Å². The fourth-order valence-electron chi connectivity index (χ4n) is 8.58. The SMILES string of the molecule is Cc1nnc(-c2cc(Cl)ccc2NS(=O)(=O)c2ccc(C(C)(C)CCC(C)C3NN=C(c4cc(Cl)ccc4NS(=O)(=O)c4ccc(C(C)(C)C)cc4)N3C(C)C)cc2)n1C1CCOCC1. The maximum absolute atomic E-state index is 13.9. The summed E-state index contributed by atoms with van der Waals surface area (Å²) in [4.78, 5) is 2.46. The molecule has 1 aromatic heterocycles. The van der Waals surface area contributed by atoms with Crippen LogP contribution in [0.4, 0.5) is 11.4 Å². The number of ether oxygens (including phenoxy) is 1. The Hall–Kier alpha value is -4.67. The maximum Gasteiger partial charge on any atom is 0.261 e. The minimum Gasteiger partial charge on any atom is -0.381 e. The molecule has 1 fully saturated rings. The Morgan fingerprint density at radius 1 is 0.754 bits per heavy atom. The van der Waals surface area contributed by atoms with Gasteiger partial charge in [0.15, 0.2) is 11.7 Å². The largest absolute Gasteiger partial charge is 0.381 e. The van der Waals surface area contributed by atoms with E-state index >= 15 is 0 Å². The normalized spacial score (nSPS) is 17.0. The molecule has 0 bridgehead atoms. The summed E-state index contributed by atoms with van der Waals surface area (Å²) in [5.74, 6) is 1.96. The van der Waals surface area contributed by atoms with Crippen molar-refractivity contribution in [3.05, 3.63) is 117 Å². The lowest BCUT2D eigenvalue weighted by Crippen LogP contribution is -2.48. The molecule has 0 amide bonds. The van der Waals surface area contributed by atoms with E-state index < -0.39 is 20.0 Å². The molecule has 65 heavy (non-hydrogen) atoms. The molecule has 0 spiro atoms. The minimum absolute atomic E-state index is 0.000763. The van der Waals surface area contributed by atoms with Crippen LogP contribution in [0.3, 0.4) is 0 Å². The number of hydrogen-bond acceptors (Lipinski definition) is 10. The molecule has 2 atom stereocenters. The molecule has 2 aliphatic heterocycles. The lowest BCUT2D eigenvalue weighted by molar-refractivity contribution is 0.0694. The zero-order chi connectivity index (χ0) is 47.1. The summed E-state index contributed by atoms with van der Waals surface area (Å²) >= 11 is 13.0. The van der Waals surface area contributed by atoms with Crippen LogP contribution >= 0.6 is 23.2 Å². The molecule has 2 aliphatic rings. The highest BCUT2D eigenvalue weighted by atomic mass is 35.5. The molecule has 0 aliphatic carbocycles. The second-order valence-electron chi connectivity index (χ2n) is 19.1. The van der Waals surface area contributed by atoms with Crippen LogP contribution in [-0.2, 0) is 35.6 Å². The second-order valence-corrected chi connectivity index (χ2v) is 23.3. The average Bonchev–Trinajstić information content (AvgIpc) is 3.88. The summed E-state index contributed by atoms with van der Waals surface area (Å²) in [7, 11) is -7.95. The molecule has 3 heterocycles. The maximum atomic E-state index is 13.9. The monoisotopic (exact) mass is 962 g/mol. The van der Waals surface area contributed by atoms with E-state index in [2.05, 4.69) is 89.9 Å². The number of halogens is 2. The Kier molecular flexibility index (Phi) is 14.0. The number of rotatable bonds is 15. The standard InChI is InChI=1S/C48H60Cl2N8O5S2/c1-30(2)57-44(52-54-45(57)40-28-35(49)14-20-42(40)55-64(59,60)38-16-10-33(11-17-38)47(5,6)7)31(3)22-25-48(8,9)34-12-18-39(19-13-34)65(61,62)56-43-21-15-36(50)29-41(43)46-53-51-32(4)58(46)37-23-26-63-27-24-37/h10-21,28-31,37,44,52,55-56H,22-27H2,1-9H3. The molecule has 2 unspecified atom stereocenters. The second kappa shape index (κ2) is 18.9. The first kappa shape index (κ1) is 48.3. The van der Waals surface area contributed by atoms with E-state index in [-0.39, 0.29) is 44.8 Å². The number of hydrazone groups is 1. The molecule has 0 radical (unpaired) electrons. The first-order valence-electron chi connectivity index (χ1n) is 22.0. The summed E-state index contributed by atoms with van der Waals surface area (Å²) in [5, 5.41) is 14.5. The van der Waals surface area contributed by atoms with Crippen LogP contribution in [0.25, 0.3) is 11.4 Å². The van der Waals surface area contributed by atoms with Crippen molar-refractivity contribution >= 4 is 60.5 Å². The molecule has 1 saturated heterocycles. The quantitative estimate of drug-likeness (QED) is 0.0928. The molecule has 7 rings (SSSR count). The predicted molar refractivity (Wildman–Crippen MR) is 261 cm³/mol. The van der Waals surface area contributed by atoms with Gasteiger partial charge in [0.1, 0.15) is 12.0 Å². The molecule has 5 aromatic rings. The third kappa shape index (κ3) is 10.6. The number of aryl methyl sites for hydroxylation is 1. The summed E-state index contributed by atoms with van der Waals surface area (Å²) < 4.78 is 68.6. The molecule has 13 nitrogen and oxygen atoms in total. The summed E-state index contributed by atoms with van der Waals surface area (Å²) in [6.07, 6.45) is 2.99. The van der Waals surface area contributed by atoms with Gasteiger partial charge in [-0.25, -0.2) is 16.8 Å². The number of sulfonamides is 2. The Morgan fingerprint density at radius 2 is 1.28 bits per heavy atom. The fraction of sp³-hybridized carbons (Fsp3) is 0.438. The molecule has 17 heteroatoms. The Labute approximate surface area is 394 Å². The smallest absolute Gasteiger partial charge is 0.261 e. The van der Waals surface area contributed by atoms with Crippen molar-refractivity contribution in [2.75, 3.05) is 22.7 Å². The van der Waals surface area contributed by atoms with Gasteiger partial charge in [-0.05, 0) is 135 Å². The van der Waals surface area contributed by atoms with Crippen LogP contribution in [0.2, 0.25) is 10.0 Å². The van der Waals surface area contributed by atoms with Gasteiger partial charge in [0.25, 0.3) is 20.0 Å². The molecular weight excluding hydrogens is 904 g/mol. The van der Waals surface area contributed by atoms with E-state index in [1.165, 1.54) is 0 Å². The van der Waals surface area contributed by atoms with Gasteiger partial charge in [-0.1, -0.05) is 89.0 Å². The highest BCUT2D eigenvalue weighted by Gasteiger charge is 2.37. The van der Waals surface area contributed by atoms with Crippen LogP contribution in [0.1, 0.15) is 110 Å². The van der Waals surface area contributed by atoms with Crippen molar-refractivity contribution in [2.24, 2.45) is 11.0 Å². The molecule has 348 valence electrons. The van der Waals surface area contributed by atoms with Gasteiger partial charge in [0, 0.05) is 46.5 Å². The predicted octanol–water partition coefficient (Wildman–Crippen LogP) is 10.5. The average molecular weight is 964 g/mol. The number of nitrogens with one attached hydrogen (secondary N) is 3. The first-order valence-corrected chi connectivity index (χ1v) is 25.8. The highest BCUT2D eigenvalue weighted by Crippen LogP contribution is 2.38. The Morgan fingerprint density at radius 3 is 1.82 bits per heavy atom. The van der Waals surface area contributed by atoms with E-state index in [1.54, 1.807) is 60.7 Å². The molecular formula is C48H60Cl2N8O5S2. The van der Waals surface area contributed by atoms with E-state index in [0.717, 1.165) is 42.6 Å². The first-order chi connectivity index (χ1) is 30.6. The third-order valence-electron chi connectivity index (χ3n) is 12.5. The van der Waals surface area contributed by atoms with Crippen molar-refractivity contribution in [2.45, 2.75) is 127 Å². The van der Waals surface area contributed by atoms with Gasteiger partial charge in [-0.2, -0.15) is 5.10 Å². The molecule has 0 saturated carbocycles. The minimum atomic E-state index is -4.01. The van der Waals surface area contributed by atoms with E-state index in [1.807, 2.05) is 31.2 Å². The van der Waals surface area contributed by atoms with Gasteiger partial charge in [-0.3, -0.25) is 14.9 Å². The van der Waals surface area contributed by atoms with E-state index in [0.29, 0.717) is 57.4 Å². The number of benzene rings is 4. The van der Waals surface area contributed by atoms with E-state index in [4.69, 9.17) is 33.0 Å². The van der Waals surface area contributed by atoms with Crippen LogP contribution in [0, 0.1) is 12.8 Å². The van der Waals surface area contributed by atoms with Gasteiger partial charge >= 0.3 is 0 Å². The van der Waals surface area contributed by atoms with Crippen molar-refractivity contribution < 1.29 is 21.6 Å². The van der Waals surface area contributed by atoms with Crippen LogP contribution < -0.4 is 14.9 Å². The van der Waals surface area contributed by atoms with Gasteiger partial charge in [-0.15, -0.1) is 10.2 Å². The van der Waals surface area contributed by atoms with Gasteiger partial charge in [0.2, 0.25) is 0 Å².